The number of ether oxygens (including phenoxy) is 1. The highest BCUT2D eigenvalue weighted by atomic mass is 35.5. The predicted octanol–water partition coefficient (Wildman–Crippen LogP) is 2.19. The molecular weight excluding hydrogens is 162 g/mol. The molecule has 0 aliphatic heterocycles. The molecule has 0 fully saturated rings. The van der Waals surface area contributed by atoms with Gasteiger partial charge in [-0.05, 0) is 24.6 Å². The summed E-state index contributed by atoms with van der Waals surface area (Å²) in [6, 6.07) is 3.77. The van der Waals surface area contributed by atoms with Crippen molar-refractivity contribution in [3.8, 4) is 0 Å². The lowest BCUT2D eigenvalue weighted by atomic mass is 10.2. The van der Waals surface area contributed by atoms with Crippen molar-refractivity contribution in [2.45, 2.75) is 13.5 Å². The Balaban J connectivity index is 2.89. The van der Waals surface area contributed by atoms with Crippen LogP contribution in [0.2, 0.25) is 5.15 Å². The fourth-order valence-corrected chi connectivity index (χ4v) is 1.20. The van der Waals surface area contributed by atoms with Crippen LogP contribution in [-0.4, -0.2) is 12.1 Å². The van der Waals surface area contributed by atoms with Crippen molar-refractivity contribution in [2.24, 2.45) is 0 Å². The number of methoxy groups -OCH3 is 1. The standard InChI is InChI=1S/C8H10ClNO/c1-6-3-7(5-11-2)10-8(9)4-6/h3-4H,5H2,1-2H3. The summed E-state index contributed by atoms with van der Waals surface area (Å²) in [5.41, 5.74) is 1.98. The van der Waals surface area contributed by atoms with E-state index in [9.17, 15) is 0 Å². The smallest absolute Gasteiger partial charge is 0.129 e. The van der Waals surface area contributed by atoms with Gasteiger partial charge in [-0.25, -0.2) is 4.98 Å². The van der Waals surface area contributed by atoms with Crippen LogP contribution in [0.1, 0.15) is 11.3 Å². The topological polar surface area (TPSA) is 22.1 Å². The first-order chi connectivity index (χ1) is 5.22. The van der Waals surface area contributed by atoms with Crippen LogP contribution in [0.3, 0.4) is 0 Å². The molecule has 1 aromatic heterocycles. The molecule has 2 nitrogen and oxygen atoms in total. The third kappa shape index (κ3) is 2.48. The minimum absolute atomic E-state index is 0.515. The average Bonchev–Trinajstić information content (AvgIpc) is 1.85. The number of nitrogens with zero attached hydrogens (tertiary/aromatic N) is 1. The van der Waals surface area contributed by atoms with Gasteiger partial charge < -0.3 is 4.74 Å². The summed E-state index contributed by atoms with van der Waals surface area (Å²) < 4.78 is 4.92. The maximum atomic E-state index is 5.72. The SMILES string of the molecule is COCc1cc(C)cc(Cl)n1. The number of hydrogen-bond acceptors (Lipinski definition) is 2. The van der Waals surface area contributed by atoms with E-state index >= 15 is 0 Å². The first-order valence-corrected chi connectivity index (χ1v) is 3.72. The molecule has 0 N–H and O–H groups in total. The minimum Gasteiger partial charge on any atom is -0.378 e. The maximum absolute atomic E-state index is 5.72. The molecule has 1 aromatic rings. The maximum Gasteiger partial charge on any atom is 0.129 e. The van der Waals surface area contributed by atoms with Gasteiger partial charge >= 0.3 is 0 Å². The molecule has 60 valence electrons. The average molecular weight is 172 g/mol. The summed E-state index contributed by atoms with van der Waals surface area (Å²) in [5, 5.41) is 0.525. The Hall–Kier alpha value is -0.600. The van der Waals surface area contributed by atoms with Gasteiger partial charge in [0, 0.05) is 7.11 Å². The second-order valence-electron chi connectivity index (χ2n) is 2.39. The largest absolute Gasteiger partial charge is 0.378 e. The van der Waals surface area contributed by atoms with Crippen molar-refractivity contribution in [1.82, 2.24) is 4.98 Å². The molecule has 0 bridgehead atoms. The Bertz CT molecular complexity index is 230. The van der Waals surface area contributed by atoms with Gasteiger partial charge in [0.25, 0.3) is 0 Å². The number of aryl methyl sites for hydroxylation is 1. The molecule has 0 atom stereocenters. The summed E-state index contributed by atoms with van der Waals surface area (Å²) in [5.74, 6) is 0. The molecule has 0 aliphatic carbocycles. The molecule has 1 rings (SSSR count). The second kappa shape index (κ2) is 3.69. The van der Waals surface area contributed by atoms with E-state index in [1.807, 2.05) is 19.1 Å². The Morgan fingerprint density at radius 2 is 2.27 bits per heavy atom. The Morgan fingerprint density at radius 1 is 1.55 bits per heavy atom. The van der Waals surface area contributed by atoms with Crippen LogP contribution in [0.15, 0.2) is 12.1 Å². The molecular formula is C8H10ClNO. The fraction of sp³-hybridized carbons (Fsp3) is 0.375. The van der Waals surface area contributed by atoms with Crippen LogP contribution < -0.4 is 0 Å². The van der Waals surface area contributed by atoms with Gasteiger partial charge in [0.05, 0.1) is 12.3 Å². The van der Waals surface area contributed by atoms with Crippen molar-refractivity contribution in [3.63, 3.8) is 0 Å². The van der Waals surface area contributed by atoms with Crippen LogP contribution in [0.5, 0.6) is 0 Å². The Labute approximate surface area is 71.2 Å². The van der Waals surface area contributed by atoms with Crippen molar-refractivity contribution in [3.05, 3.63) is 28.5 Å². The molecule has 0 saturated carbocycles. The molecule has 0 aliphatic rings. The Morgan fingerprint density at radius 3 is 2.82 bits per heavy atom. The first-order valence-electron chi connectivity index (χ1n) is 3.34. The third-order valence-corrected chi connectivity index (χ3v) is 1.48. The lowest BCUT2D eigenvalue weighted by Crippen LogP contribution is -1.92. The van der Waals surface area contributed by atoms with Crippen molar-refractivity contribution in [2.75, 3.05) is 7.11 Å². The molecule has 11 heavy (non-hydrogen) atoms. The van der Waals surface area contributed by atoms with E-state index in [0.29, 0.717) is 11.8 Å². The van der Waals surface area contributed by atoms with Gasteiger partial charge in [-0.15, -0.1) is 0 Å². The van der Waals surface area contributed by atoms with E-state index in [1.165, 1.54) is 0 Å². The molecule has 1 heterocycles. The van der Waals surface area contributed by atoms with Gasteiger partial charge in [-0.2, -0.15) is 0 Å². The molecule has 0 amide bonds. The van der Waals surface area contributed by atoms with E-state index in [1.54, 1.807) is 7.11 Å². The molecule has 0 spiro atoms. The number of hydrogen-bond donors (Lipinski definition) is 0. The summed E-state index contributed by atoms with van der Waals surface area (Å²) >= 11 is 5.72. The lowest BCUT2D eigenvalue weighted by Gasteiger charge is -2.00. The highest BCUT2D eigenvalue weighted by Crippen LogP contribution is 2.09. The number of aromatic nitrogens is 1. The van der Waals surface area contributed by atoms with Crippen LogP contribution in [0.25, 0.3) is 0 Å². The van der Waals surface area contributed by atoms with Gasteiger partial charge in [-0.3, -0.25) is 0 Å². The summed E-state index contributed by atoms with van der Waals surface area (Å²) in [4.78, 5) is 4.06. The van der Waals surface area contributed by atoms with Crippen molar-refractivity contribution < 1.29 is 4.74 Å². The summed E-state index contributed by atoms with van der Waals surface area (Å²) in [6.07, 6.45) is 0. The van der Waals surface area contributed by atoms with Gasteiger partial charge in [0.15, 0.2) is 0 Å². The highest BCUT2D eigenvalue weighted by molar-refractivity contribution is 6.29. The molecule has 0 radical (unpaired) electrons. The highest BCUT2D eigenvalue weighted by Gasteiger charge is 1.96. The number of pyridine rings is 1. The molecule has 0 aromatic carbocycles. The number of rotatable bonds is 2. The molecule has 3 heteroatoms. The third-order valence-electron chi connectivity index (χ3n) is 1.28. The quantitative estimate of drug-likeness (QED) is 0.637. The predicted molar refractivity (Wildman–Crippen MR) is 44.7 cm³/mol. The Kier molecular flexibility index (Phi) is 2.85. The zero-order valence-corrected chi connectivity index (χ0v) is 7.35. The van der Waals surface area contributed by atoms with E-state index in [4.69, 9.17) is 16.3 Å². The minimum atomic E-state index is 0.515. The second-order valence-corrected chi connectivity index (χ2v) is 2.78. The zero-order valence-electron chi connectivity index (χ0n) is 6.60. The van der Waals surface area contributed by atoms with Crippen LogP contribution in [0, 0.1) is 6.92 Å². The van der Waals surface area contributed by atoms with Gasteiger partial charge in [0.1, 0.15) is 5.15 Å². The first kappa shape index (κ1) is 8.50. The summed E-state index contributed by atoms with van der Waals surface area (Å²) in [7, 11) is 1.64. The summed E-state index contributed by atoms with van der Waals surface area (Å²) in [6.45, 7) is 2.49. The fourth-order valence-electron chi connectivity index (χ4n) is 0.916. The van der Waals surface area contributed by atoms with Gasteiger partial charge in [-0.1, -0.05) is 11.6 Å². The van der Waals surface area contributed by atoms with Crippen molar-refractivity contribution in [1.29, 1.82) is 0 Å². The normalized spacial score (nSPS) is 10.1. The molecule has 0 unspecified atom stereocenters. The van der Waals surface area contributed by atoms with E-state index in [0.717, 1.165) is 11.3 Å². The van der Waals surface area contributed by atoms with Crippen LogP contribution in [0.4, 0.5) is 0 Å². The van der Waals surface area contributed by atoms with E-state index in [-0.39, 0.29) is 0 Å². The monoisotopic (exact) mass is 171 g/mol. The zero-order chi connectivity index (χ0) is 8.27. The van der Waals surface area contributed by atoms with Gasteiger partial charge in [0.2, 0.25) is 0 Å². The van der Waals surface area contributed by atoms with Crippen molar-refractivity contribution >= 4 is 11.6 Å². The molecule has 0 saturated heterocycles. The lowest BCUT2D eigenvalue weighted by molar-refractivity contribution is 0.181. The van der Waals surface area contributed by atoms with Crippen LogP contribution in [-0.2, 0) is 11.3 Å². The number of halogens is 1. The van der Waals surface area contributed by atoms with E-state index in [2.05, 4.69) is 4.98 Å². The van der Waals surface area contributed by atoms with E-state index < -0.39 is 0 Å². The van der Waals surface area contributed by atoms with Crippen LogP contribution >= 0.6 is 11.6 Å².